The minimum atomic E-state index is -0.990. The van der Waals surface area contributed by atoms with Crippen LogP contribution >= 0.6 is 0 Å². The van der Waals surface area contributed by atoms with Gasteiger partial charge in [0.15, 0.2) is 0 Å². The van der Waals surface area contributed by atoms with E-state index in [4.69, 9.17) is 0 Å². The molecule has 1 unspecified atom stereocenters. The Morgan fingerprint density at radius 3 is 2.31 bits per heavy atom. The number of fused-ring (bicyclic) bond motifs is 1. The van der Waals surface area contributed by atoms with Crippen LogP contribution in [0.2, 0.25) is 0 Å². The molecule has 0 bridgehead atoms. The van der Waals surface area contributed by atoms with E-state index in [2.05, 4.69) is 0 Å². The molecule has 16 heavy (non-hydrogen) atoms. The van der Waals surface area contributed by atoms with Gasteiger partial charge in [-0.25, -0.2) is 4.21 Å². The topological polar surface area (TPSA) is 17.1 Å². The molecule has 1 heterocycles. The number of hydrogen-bond donors (Lipinski definition) is 0. The lowest BCUT2D eigenvalue weighted by molar-refractivity contribution is 0.689. The Morgan fingerprint density at radius 2 is 1.50 bits per heavy atom. The van der Waals surface area contributed by atoms with Gasteiger partial charge < -0.3 is 0 Å². The summed E-state index contributed by atoms with van der Waals surface area (Å²) in [4.78, 5) is 0.918. The zero-order chi connectivity index (χ0) is 11.0. The molecule has 3 rings (SSSR count). The third kappa shape index (κ3) is 1.42. The van der Waals surface area contributed by atoms with Crippen LogP contribution in [-0.4, -0.2) is 4.21 Å². The van der Waals surface area contributed by atoms with Gasteiger partial charge >= 0.3 is 0 Å². The summed E-state index contributed by atoms with van der Waals surface area (Å²) < 4.78 is 11.9. The Hall–Kier alpha value is -1.67. The number of benzene rings is 2. The Bertz CT molecular complexity index is 585. The zero-order valence-electron chi connectivity index (χ0n) is 8.59. The van der Waals surface area contributed by atoms with Crippen molar-refractivity contribution in [1.82, 2.24) is 0 Å². The highest BCUT2D eigenvalue weighted by atomic mass is 32.2. The van der Waals surface area contributed by atoms with Crippen LogP contribution in [0.25, 0.3) is 5.57 Å². The molecule has 0 N–H and O–H groups in total. The van der Waals surface area contributed by atoms with E-state index in [1.165, 1.54) is 0 Å². The Kier molecular flexibility index (Phi) is 2.22. The van der Waals surface area contributed by atoms with Crippen LogP contribution in [0.5, 0.6) is 0 Å². The van der Waals surface area contributed by atoms with E-state index in [0.717, 1.165) is 21.6 Å². The molecule has 0 saturated heterocycles. The predicted octanol–water partition coefficient (Wildman–Crippen LogP) is 3.20. The van der Waals surface area contributed by atoms with Crippen LogP contribution in [-0.2, 0) is 10.8 Å². The van der Waals surface area contributed by atoms with Crippen molar-refractivity contribution in [1.29, 1.82) is 0 Å². The van der Waals surface area contributed by atoms with Crippen LogP contribution in [0, 0.1) is 0 Å². The smallest absolute Gasteiger partial charge is 0.0788 e. The number of rotatable bonds is 1. The van der Waals surface area contributed by atoms with Crippen LogP contribution in [0.15, 0.2) is 64.9 Å². The SMILES string of the molecule is O=S1C=C(c2ccccc2)c2ccccc21. The fourth-order valence-electron chi connectivity index (χ4n) is 1.94. The monoisotopic (exact) mass is 226 g/mol. The van der Waals surface area contributed by atoms with Crippen molar-refractivity contribution in [3.05, 3.63) is 71.1 Å². The van der Waals surface area contributed by atoms with Gasteiger partial charge in [0.25, 0.3) is 0 Å². The average Bonchev–Trinajstić information content (AvgIpc) is 2.69. The van der Waals surface area contributed by atoms with Gasteiger partial charge in [-0.1, -0.05) is 48.5 Å². The van der Waals surface area contributed by atoms with E-state index in [-0.39, 0.29) is 0 Å². The molecule has 1 aliphatic rings. The van der Waals surface area contributed by atoms with Crippen LogP contribution in [0.3, 0.4) is 0 Å². The van der Waals surface area contributed by atoms with Gasteiger partial charge in [-0.05, 0) is 22.8 Å². The standard InChI is InChI=1S/C14H10OS/c15-16-10-13(11-6-2-1-3-7-11)12-8-4-5-9-14(12)16/h1-10H. The minimum Gasteiger partial charge on any atom is -0.250 e. The Morgan fingerprint density at radius 1 is 0.812 bits per heavy atom. The third-order valence-corrected chi connectivity index (χ3v) is 3.94. The third-order valence-electron chi connectivity index (χ3n) is 2.70. The van der Waals surface area contributed by atoms with Crippen molar-refractivity contribution >= 4 is 16.4 Å². The summed E-state index contributed by atoms with van der Waals surface area (Å²) in [6, 6.07) is 18.0. The second-order valence-electron chi connectivity index (χ2n) is 3.69. The first-order chi connectivity index (χ1) is 7.86. The number of hydrogen-bond acceptors (Lipinski definition) is 1. The highest BCUT2D eigenvalue weighted by Gasteiger charge is 2.20. The second-order valence-corrected chi connectivity index (χ2v) is 4.96. The van der Waals surface area contributed by atoms with E-state index < -0.39 is 10.8 Å². The molecule has 2 aromatic rings. The molecule has 1 aliphatic heterocycles. The van der Waals surface area contributed by atoms with Gasteiger partial charge in [0.05, 0.1) is 15.7 Å². The lowest BCUT2D eigenvalue weighted by Gasteiger charge is -2.03. The normalized spacial score (nSPS) is 18.0. The van der Waals surface area contributed by atoms with Gasteiger partial charge in [0.1, 0.15) is 0 Å². The first-order valence-corrected chi connectivity index (χ1v) is 6.35. The fraction of sp³-hybridized carbons (Fsp3) is 0. The second kappa shape index (κ2) is 3.72. The molecule has 2 heteroatoms. The lowest BCUT2D eigenvalue weighted by atomic mass is 10.00. The van der Waals surface area contributed by atoms with Gasteiger partial charge in [0, 0.05) is 5.41 Å². The Labute approximate surface area is 96.9 Å². The molecular weight excluding hydrogens is 216 g/mol. The van der Waals surface area contributed by atoms with E-state index in [1.54, 1.807) is 0 Å². The largest absolute Gasteiger partial charge is 0.250 e. The van der Waals surface area contributed by atoms with Crippen LogP contribution in [0.1, 0.15) is 11.1 Å². The fourth-order valence-corrected chi connectivity index (χ4v) is 3.15. The van der Waals surface area contributed by atoms with E-state index in [1.807, 2.05) is 60.0 Å². The lowest BCUT2D eigenvalue weighted by Crippen LogP contribution is -1.85. The molecule has 0 amide bonds. The first kappa shape index (κ1) is 9.55. The zero-order valence-corrected chi connectivity index (χ0v) is 9.41. The summed E-state index contributed by atoms with van der Waals surface area (Å²) >= 11 is 0. The van der Waals surface area contributed by atoms with Crippen molar-refractivity contribution in [3.8, 4) is 0 Å². The van der Waals surface area contributed by atoms with Crippen LogP contribution in [0.4, 0.5) is 0 Å². The molecule has 0 aromatic heterocycles. The summed E-state index contributed by atoms with van der Waals surface area (Å²) in [5.41, 5.74) is 3.29. The highest BCUT2D eigenvalue weighted by molar-refractivity contribution is 7.88. The predicted molar refractivity (Wildman–Crippen MR) is 66.4 cm³/mol. The summed E-state index contributed by atoms with van der Waals surface area (Å²) in [5, 5.41) is 1.83. The molecule has 0 saturated carbocycles. The molecule has 1 atom stereocenters. The van der Waals surface area contributed by atoms with Gasteiger partial charge in [0.2, 0.25) is 0 Å². The van der Waals surface area contributed by atoms with Gasteiger partial charge in [-0.2, -0.15) is 0 Å². The molecule has 0 radical (unpaired) electrons. The quantitative estimate of drug-likeness (QED) is 0.729. The van der Waals surface area contributed by atoms with Crippen molar-refractivity contribution < 1.29 is 4.21 Å². The molecular formula is C14H10OS. The first-order valence-electron chi connectivity index (χ1n) is 5.13. The van der Waals surface area contributed by atoms with E-state index in [0.29, 0.717) is 0 Å². The van der Waals surface area contributed by atoms with Crippen molar-refractivity contribution in [2.24, 2.45) is 0 Å². The Balaban J connectivity index is 2.19. The van der Waals surface area contributed by atoms with Crippen molar-refractivity contribution in [2.45, 2.75) is 4.90 Å². The molecule has 1 nitrogen and oxygen atoms in total. The van der Waals surface area contributed by atoms with Gasteiger partial charge in [-0.3, -0.25) is 0 Å². The molecule has 0 aliphatic carbocycles. The maximum atomic E-state index is 11.9. The van der Waals surface area contributed by atoms with Gasteiger partial charge in [-0.15, -0.1) is 0 Å². The van der Waals surface area contributed by atoms with Crippen molar-refractivity contribution in [3.63, 3.8) is 0 Å². The molecule has 78 valence electrons. The average molecular weight is 226 g/mol. The maximum absolute atomic E-state index is 11.9. The summed E-state index contributed by atoms with van der Waals surface area (Å²) in [7, 11) is -0.990. The summed E-state index contributed by atoms with van der Waals surface area (Å²) in [5.74, 6) is 0. The summed E-state index contributed by atoms with van der Waals surface area (Å²) in [6.07, 6.45) is 0. The summed E-state index contributed by atoms with van der Waals surface area (Å²) in [6.45, 7) is 0. The molecule has 0 spiro atoms. The minimum absolute atomic E-state index is 0.918. The molecule has 0 fully saturated rings. The van der Waals surface area contributed by atoms with Crippen LogP contribution < -0.4 is 0 Å². The highest BCUT2D eigenvalue weighted by Crippen LogP contribution is 2.34. The maximum Gasteiger partial charge on any atom is 0.0788 e. The van der Waals surface area contributed by atoms with E-state index >= 15 is 0 Å². The van der Waals surface area contributed by atoms with Crippen molar-refractivity contribution in [2.75, 3.05) is 0 Å². The van der Waals surface area contributed by atoms with E-state index in [9.17, 15) is 4.21 Å². The molecule has 2 aromatic carbocycles.